The lowest BCUT2D eigenvalue weighted by Gasteiger charge is -2.31. The zero-order valence-corrected chi connectivity index (χ0v) is 19.1. The highest BCUT2D eigenvalue weighted by molar-refractivity contribution is 7.89. The number of anilines is 2. The Hall–Kier alpha value is -2.71. The highest BCUT2D eigenvalue weighted by Gasteiger charge is 2.33. The molecule has 2 aliphatic rings. The van der Waals surface area contributed by atoms with Crippen LogP contribution in [0.2, 0.25) is 0 Å². The van der Waals surface area contributed by atoms with Crippen molar-refractivity contribution >= 4 is 33.2 Å². The van der Waals surface area contributed by atoms with Crippen LogP contribution >= 0.6 is 0 Å². The molecule has 0 unspecified atom stereocenters. The number of piperidine rings is 1. The molecule has 0 saturated carbocycles. The Bertz CT molecular complexity index is 1110. The van der Waals surface area contributed by atoms with E-state index >= 15 is 0 Å². The van der Waals surface area contributed by atoms with Crippen molar-refractivity contribution in [3.63, 3.8) is 0 Å². The van der Waals surface area contributed by atoms with Gasteiger partial charge in [0.15, 0.2) is 0 Å². The van der Waals surface area contributed by atoms with E-state index in [1.807, 2.05) is 24.3 Å². The molecule has 0 bridgehead atoms. The zero-order chi connectivity index (χ0) is 22.7. The molecule has 2 aliphatic heterocycles. The number of hydrogen-bond donors (Lipinski definition) is 2. The summed E-state index contributed by atoms with van der Waals surface area (Å²) in [6.45, 7) is 2.63. The normalized spacial score (nSPS) is 19.5. The van der Waals surface area contributed by atoms with Crippen molar-refractivity contribution in [1.82, 2.24) is 4.31 Å². The van der Waals surface area contributed by atoms with Gasteiger partial charge in [-0.15, -0.1) is 0 Å². The van der Waals surface area contributed by atoms with E-state index in [1.54, 1.807) is 18.2 Å². The first kappa shape index (κ1) is 22.5. The van der Waals surface area contributed by atoms with Crippen LogP contribution in [0.5, 0.6) is 0 Å². The molecule has 1 fully saturated rings. The van der Waals surface area contributed by atoms with Crippen LogP contribution in [0.3, 0.4) is 0 Å². The topological polar surface area (TPSA) is 95.6 Å². The molecule has 7 nitrogen and oxygen atoms in total. The molecule has 2 amide bonds. The van der Waals surface area contributed by atoms with Gasteiger partial charge in [-0.05, 0) is 73.6 Å². The molecule has 0 aromatic heterocycles. The van der Waals surface area contributed by atoms with Gasteiger partial charge in [0, 0.05) is 30.9 Å². The van der Waals surface area contributed by atoms with E-state index in [2.05, 4.69) is 17.6 Å². The Balaban J connectivity index is 1.47. The van der Waals surface area contributed by atoms with E-state index in [-0.39, 0.29) is 23.3 Å². The molecular formula is C24H29N3O4S. The molecule has 2 heterocycles. The molecule has 0 spiro atoms. The molecule has 0 aliphatic carbocycles. The quantitative estimate of drug-likeness (QED) is 0.721. The maximum absolute atomic E-state index is 13.3. The number of fused-ring (bicyclic) bond motifs is 1. The number of carbonyl (C=O) groups excluding carboxylic acids is 2. The highest BCUT2D eigenvalue weighted by Crippen LogP contribution is 2.29. The van der Waals surface area contributed by atoms with E-state index in [0.717, 1.165) is 17.7 Å². The minimum atomic E-state index is -3.73. The Morgan fingerprint density at radius 3 is 2.66 bits per heavy atom. The highest BCUT2D eigenvalue weighted by atomic mass is 32.2. The first-order valence-electron chi connectivity index (χ1n) is 11.2. The number of aryl methyl sites for hydroxylation is 2. The van der Waals surface area contributed by atoms with E-state index in [4.69, 9.17) is 0 Å². The number of benzene rings is 2. The summed E-state index contributed by atoms with van der Waals surface area (Å²) in [6.07, 6.45) is 3.99. The molecule has 2 aromatic carbocycles. The Labute approximate surface area is 189 Å². The Morgan fingerprint density at radius 1 is 1.12 bits per heavy atom. The van der Waals surface area contributed by atoms with Crippen molar-refractivity contribution in [2.24, 2.45) is 5.92 Å². The third-order valence-electron chi connectivity index (χ3n) is 6.22. The van der Waals surface area contributed by atoms with Crippen molar-refractivity contribution in [3.8, 4) is 0 Å². The first-order valence-corrected chi connectivity index (χ1v) is 12.6. The van der Waals surface area contributed by atoms with Crippen molar-refractivity contribution in [2.45, 2.75) is 50.3 Å². The van der Waals surface area contributed by atoms with Crippen molar-refractivity contribution < 1.29 is 18.0 Å². The second-order valence-corrected chi connectivity index (χ2v) is 10.4. The molecular weight excluding hydrogens is 426 g/mol. The molecule has 0 radical (unpaired) electrons. The third-order valence-corrected chi connectivity index (χ3v) is 8.08. The second kappa shape index (κ2) is 9.42. The van der Waals surface area contributed by atoms with E-state index in [1.165, 1.54) is 9.87 Å². The molecule has 8 heteroatoms. The molecule has 4 rings (SSSR count). The summed E-state index contributed by atoms with van der Waals surface area (Å²) in [5, 5.41) is 5.76. The van der Waals surface area contributed by atoms with Gasteiger partial charge in [0.2, 0.25) is 21.8 Å². The van der Waals surface area contributed by atoms with Crippen LogP contribution in [0.4, 0.5) is 11.4 Å². The first-order chi connectivity index (χ1) is 15.4. The zero-order valence-electron chi connectivity index (χ0n) is 18.3. The van der Waals surface area contributed by atoms with Crippen LogP contribution < -0.4 is 10.6 Å². The molecule has 2 N–H and O–H groups in total. The SMILES string of the molecule is CCc1ccc(NC(=O)[C@H]2CCCN(S(=O)(=O)c3ccc4c(c3)CCCC(=O)N4)C2)cc1. The minimum absolute atomic E-state index is 0.0476. The minimum Gasteiger partial charge on any atom is -0.326 e. The Kier molecular flexibility index (Phi) is 6.62. The summed E-state index contributed by atoms with van der Waals surface area (Å²) < 4.78 is 28.1. The van der Waals surface area contributed by atoms with Gasteiger partial charge >= 0.3 is 0 Å². The number of amides is 2. The second-order valence-electron chi connectivity index (χ2n) is 8.46. The van der Waals surface area contributed by atoms with Crippen molar-refractivity contribution in [1.29, 1.82) is 0 Å². The summed E-state index contributed by atoms with van der Waals surface area (Å²) in [7, 11) is -3.73. The summed E-state index contributed by atoms with van der Waals surface area (Å²) in [6, 6.07) is 12.6. The molecule has 1 saturated heterocycles. The van der Waals surface area contributed by atoms with Crippen LogP contribution in [-0.2, 0) is 32.5 Å². The molecule has 2 aromatic rings. The number of carbonyl (C=O) groups is 2. The van der Waals surface area contributed by atoms with Gasteiger partial charge in [-0.2, -0.15) is 4.31 Å². The van der Waals surface area contributed by atoms with Gasteiger partial charge in [0.05, 0.1) is 10.8 Å². The maximum atomic E-state index is 13.3. The van der Waals surface area contributed by atoms with Crippen LogP contribution in [0, 0.1) is 5.92 Å². The lowest BCUT2D eigenvalue weighted by molar-refractivity contribution is -0.121. The summed E-state index contributed by atoms with van der Waals surface area (Å²) in [5.41, 5.74) is 3.42. The number of nitrogens with zero attached hydrogens (tertiary/aromatic N) is 1. The van der Waals surface area contributed by atoms with Crippen LogP contribution in [0.1, 0.15) is 43.7 Å². The summed E-state index contributed by atoms with van der Waals surface area (Å²) in [4.78, 5) is 24.8. The number of nitrogens with one attached hydrogen (secondary N) is 2. The van der Waals surface area contributed by atoms with Gasteiger partial charge in [-0.3, -0.25) is 9.59 Å². The van der Waals surface area contributed by atoms with Crippen LogP contribution in [0.15, 0.2) is 47.4 Å². The standard InChI is InChI=1S/C24H29N3O4S/c1-2-17-8-10-20(11-9-17)25-24(29)19-6-4-14-27(16-19)32(30,31)21-12-13-22-18(15-21)5-3-7-23(28)26-22/h8-13,15,19H,2-7,14,16H2,1H3,(H,25,29)(H,26,28)/t19-/m0/s1. The Morgan fingerprint density at radius 2 is 1.91 bits per heavy atom. The maximum Gasteiger partial charge on any atom is 0.243 e. The smallest absolute Gasteiger partial charge is 0.243 e. The number of hydrogen-bond acceptors (Lipinski definition) is 4. The van der Waals surface area contributed by atoms with Gasteiger partial charge in [-0.1, -0.05) is 19.1 Å². The van der Waals surface area contributed by atoms with Gasteiger partial charge in [0.1, 0.15) is 0 Å². The van der Waals surface area contributed by atoms with Gasteiger partial charge in [-0.25, -0.2) is 8.42 Å². The fraction of sp³-hybridized carbons (Fsp3) is 0.417. The summed E-state index contributed by atoms with van der Waals surface area (Å²) >= 11 is 0. The number of rotatable bonds is 5. The van der Waals surface area contributed by atoms with E-state index < -0.39 is 15.9 Å². The number of sulfonamides is 1. The predicted molar refractivity (Wildman–Crippen MR) is 124 cm³/mol. The van der Waals surface area contributed by atoms with E-state index in [0.29, 0.717) is 44.3 Å². The van der Waals surface area contributed by atoms with Crippen molar-refractivity contribution in [2.75, 3.05) is 23.7 Å². The predicted octanol–water partition coefficient (Wildman–Crippen LogP) is 3.56. The fourth-order valence-electron chi connectivity index (χ4n) is 4.30. The average molecular weight is 456 g/mol. The monoisotopic (exact) mass is 455 g/mol. The average Bonchev–Trinajstić information content (AvgIpc) is 2.99. The summed E-state index contributed by atoms with van der Waals surface area (Å²) in [5.74, 6) is -0.600. The fourth-order valence-corrected chi connectivity index (χ4v) is 5.88. The van der Waals surface area contributed by atoms with E-state index in [9.17, 15) is 18.0 Å². The lowest BCUT2D eigenvalue weighted by atomic mass is 9.98. The third kappa shape index (κ3) is 4.86. The molecule has 32 heavy (non-hydrogen) atoms. The van der Waals surface area contributed by atoms with Gasteiger partial charge in [0.25, 0.3) is 0 Å². The molecule has 170 valence electrons. The van der Waals surface area contributed by atoms with Crippen molar-refractivity contribution in [3.05, 3.63) is 53.6 Å². The van der Waals surface area contributed by atoms with Crippen LogP contribution in [0.25, 0.3) is 0 Å². The lowest BCUT2D eigenvalue weighted by Crippen LogP contribution is -2.43. The van der Waals surface area contributed by atoms with Crippen LogP contribution in [-0.4, -0.2) is 37.6 Å². The van der Waals surface area contributed by atoms with Gasteiger partial charge < -0.3 is 10.6 Å². The molecule has 1 atom stereocenters. The largest absolute Gasteiger partial charge is 0.326 e.